The van der Waals surface area contributed by atoms with Crippen molar-refractivity contribution in [2.75, 3.05) is 18.5 Å². The molecule has 3 heterocycles. The number of fused-ring (bicyclic) bond motifs is 1. The molecule has 1 N–H and O–H groups in total. The van der Waals surface area contributed by atoms with Crippen LogP contribution in [0.25, 0.3) is 5.82 Å². The molecule has 4 rings (SSSR count). The van der Waals surface area contributed by atoms with Crippen LogP contribution in [-0.4, -0.2) is 33.9 Å². The number of carbonyl (C=O) groups excluding carboxylic acids is 1. The van der Waals surface area contributed by atoms with Gasteiger partial charge in [0.15, 0.2) is 17.3 Å². The Bertz CT molecular complexity index is 944. The van der Waals surface area contributed by atoms with E-state index in [9.17, 15) is 4.79 Å². The van der Waals surface area contributed by atoms with E-state index in [2.05, 4.69) is 31.3 Å². The fourth-order valence-electron chi connectivity index (χ4n) is 2.68. The predicted octanol–water partition coefficient (Wildman–Crippen LogP) is 2.98. The topological polar surface area (TPSA) is 78.3 Å². The molecule has 0 radical (unpaired) electrons. The average Bonchev–Trinajstić information content (AvgIpc) is 3.17. The van der Waals surface area contributed by atoms with Crippen molar-refractivity contribution in [3.05, 3.63) is 59.0 Å². The van der Waals surface area contributed by atoms with Crippen LogP contribution in [0.5, 0.6) is 11.5 Å². The lowest BCUT2D eigenvalue weighted by atomic mass is 10.1. The minimum atomic E-state index is -0.163. The summed E-state index contributed by atoms with van der Waals surface area (Å²) in [5, 5.41) is 7.07. The number of ether oxygens (including phenoxy) is 2. The first-order chi connectivity index (χ1) is 12.7. The minimum absolute atomic E-state index is 0.163. The first kappa shape index (κ1) is 16.6. The van der Waals surface area contributed by atoms with Crippen LogP contribution < -0.4 is 14.8 Å². The molecule has 0 unspecified atom stereocenters. The highest BCUT2D eigenvalue weighted by molar-refractivity contribution is 9.10. The molecule has 0 saturated heterocycles. The number of hydrogen-bond acceptors (Lipinski definition) is 5. The van der Waals surface area contributed by atoms with Crippen LogP contribution >= 0.6 is 15.9 Å². The van der Waals surface area contributed by atoms with Gasteiger partial charge in [-0.2, -0.15) is 5.10 Å². The molecule has 26 heavy (non-hydrogen) atoms. The molecule has 1 amide bonds. The number of benzene rings is 1. The molecule has 0 saturated carbocycles. The highest BCUT2D eigenvalue weighted by Gasteiger charge is 2.17. The van der Waals surface area contributed by atoms with Gasteiger partial charge in [0.1, 0.15) is 13.2 Å². The monoisotopic (exact) mass is 414 g/mol. The van der Waals surface area contributed by atoms with E-state index in [1.165, 1.54) is 0 Å². The summed E-state index contributed by atoms with van der Waals surface area (Å²) in [5.74, 6) is 1.73. The van der Waals surface area contributed by atoms with E-state index in [4.69, 9.17) is 9.47 Å². The summed E-state index contributed by atoms with van der Waals surface area (Å²) in [5.41, 5.74) is 1.41. The third-order valence-electron chi connectivity index (χ3n) is 3.84. The van der Waals surface area contributed by atoms with Crippen molar-refractivity contribution in [1.82, 2.24) is 14.8 Å². The minimum Gasteiger partial charge on any atom is -0.486 e. The van der Waals surface area contributed by atoms with Crippen LogP contribution in [0.3, 0.4) is 0 Å². The van der Waals surface area contributed by atoms with Crippen LogP contribution in [0.4, 0.5) is 5.69 Å². The van der Waals surface area contributed by atoms with Gasteiger partial charge >= 0.3 is 0 Å². The Morgan fingerprint density at radius 3 is 2.77 bits per heavy atom. The fraction of sp³-hybridized carbons (Fsp3) is 0.167. The molecule has 1 aromatic carbocycles. The number of pyridine rings is 1. The number of halogens is 1. The van der Waals surface area contributed by atoms with Gasteiger partial charge in [-0.25, -0.2) is 9.67 Å². The van der Waals surface area contributed by atoms with E-state index in [0.717, 1.165) is 10.0 Å². The molecule has 132 valence electrons. The van der Waals surface area contributed by atoms with Gasteiger partial charge < -0.3 is 14.8 Å². The lowest BCUT2D eigenvalue weighted by molar-refractivity contribution is -0.115. The van der Waals surface area contributed by atoms with Crippen molar-refractivity contribution in [2.24, 2.45) is 0 Å². The predicted molar refractivity (Wildman–Crippen MR) is 98.8 cm³/mol. The fourth-order valence-corrected chi connectivity index (χ4v) is 3.14. The second-order valence-electron chi connectivity index (χ2n) is 5.64. The van der Waals surface area contributed by atoms with E-state index in [1.807, 2.05) is 12.1 Å². The van der Waals surface area contributed by atoms with E-state index in [0.29, 0.717) is 36.2 Å². The van der Waals surface area contributed by atoms with E-state index < -0.39 is 0 Å². The van der Waals surface area contributed by atoms with Gasteiger partial charge in [-0.05, 0) is 35.9 Å². The zero-order valence-electron chi connectivity index (χ0n) is 13.7. The Hall–Kier alpha value is -2.87. The number of nitrogens with zero attached hydrogens (tertiary/aromatic N) is 3. The summed E-state index contributed by atoms with van der Waals surface area (Å²) in [6, 6.07) is 9.02. The summed E-state index contributed by atoms with van der Waals surface area (Å²) in [4.78, 5) is 16.9. The summed E-state index contributed by atoms with van der Waals surface area (Å²) >= 11 is 3.49. The van der Waals surface area contributed by atoms with Gasteiger partial charge in [-0.15, -0.1) is 0 Å². The summed E-state index contributed by atoms with van der Waals surface area (Å²) < 4.78 is 13.5. The third kappa shape index (κ3) is 3.41. The molecular weight excluding hydrogens is 400 g/mol. The van der Waals surface area contributed by atoms with Gasteiger partial charge in [0.2, 0.25) is 5.91 Å². The van der Waals surface area contributed by atoms with Crippen LogP contribution in [-0.2, 0) is 11.2 Å². The van der Waals surface area contributed by atoms with E-state index >= 15 is 0 Å². The van der Waals surface area contributed by atoms with Gasteiger partial charge in [0.05, 0.1) is 12.1 Å². The summed E-state index contributed by atoms with van der Waals surface area (Å²) in [6.07, 6.45) is 5.27. The standard InChI is InChI=1S/C18H15BrN4O3/c19-13-11-16-15(25-7-8-26-16)9-12(13)10-17(24)22-14-3-1-4-20-18(14)23-6-2-5-21-23/h1-6,9,11H,7-8,10H2,(H,22,24). The van der Waals surface area contributed by atoms with Crippen molar-refractivity contribution in [1.29, 1.82) is 0 Å². The van der Waals surface area contributed by atoms with Crippen molar-refractivity contribution in [3.8, 4) is 17.3 Å². The van der Waals surface area contributed by atoms with Crippen molar-refractivity contribution >= 4 is 27.5 Å². The smallest absolute Gasteiger partial charge is 0.228 e. The van der Waals surface area contributed by atoms with Gasteiger partial charge in [-0.1, -0.05) is 15.9 Å². The van der Waals surface area contributed by atoms with Crippen LogP contribution in [0, 0.1) is 0 Å². The Kier molecular flexibility index (Phi) is 4.57. The van der Waals surface area contributed by atoms with Crippen molar-refractivity contribution in [3.63, 3.8) is 0 Å². The molecule has 1 aliphatic rings. The number of aromatic nitrogens is 3. The number of amides is 1. The van der Waals surface area contributed by atoms with E-state index in [-0.39, 0.29) is 12.3 Å². The molecule has 0 fully saturated rings. The SMILES string of the molecule is O=C(Cc1cc2c(cc1Br)OCCO2)Nc1cccnc1-n1cccn1. The Balaban J connectivity index is 1.54. The second kappa shape index (κ2) is 7.17. The maximum atomic E-state index is 12.6. The van der Waals surface area contributed by atoms with Crippen LogP contribution in [0.15, 0.2) is 53.4 Å². The third-order valence-corrected chi connectivity index (χ3v) is 4.58. The normalized spacial score (nSPS) is 12.7. The number of carbonyl (C=O) groups is 1. The molecule has 3 aromatic rings. The molecule has 2 aromatic heterocycles. The summed E-state index contributed by atoms with van der Waals surface area (Å²) in [7, 11) is 0. The number of rotatable bonds is 4. The molecule has 0 spiro atoms. The number of anilines is 1. The van der Waals surface area contributed by atoms with Gasteiger partial charge in [0.25, 0.3) is 0 Å². The van der Waals surface area contributed by atoms with E-state index in [1.54, 1.807) is 41.5 Å². The Morgan fingerprint density at radius 1 is 1.19 bits per heavy atom. The molecule has 0 bridgehead atoms. The first-order valence-corrected chi connectivity index (χ1v) is 8.83. The quantitative estimate of drug-likeness (QED) is 0.709. The average molecular weight is 415 g/mol. The molecule has 8 heteroatoms. The zero-order valence-corrected chi connectivity index (χ0v) is 15.3. The summed E-state index contributed by atoms with van der Waals surface area (Å²) in [6.45, 7) is 1.03. The highest BCUT2D eigenvalue weighted by atomic mass is 79.9. The van der Waals surface area contributed by atoms with Crippen molar-refractivity contribution in [2.45, 2.75) is 6.42 Å². The van der Waals surface area contributed by atoms with Crippen LogP contribution in [0.1, 0.15) is 5.56 Å². The zero-order chi connectivity index (χ0) is 17.9. The molecule has 1 aliphatic heterocycles. The van der Waals surface area contributed by atoms with Crippen LogP contribution in [0.2, 0.25) is 0 Å². The first-order valence-electron chi connectivity index (χ1n) is 8.03. The largest absolute Gasteiger partial charge is 0.486 e. The maximum Gasteiger partial charge on any atom is 0.228 e. The lowest BCUT2D eigenvalue weighted by Gasteiger charge is -2.20. The molecule has 0 atom stereocenters. The molecular formula is C18H15BrN4O3. The lowest BCUT2D eigenvalue weighted by Crippen LogP contribution is -2.18. The molecule has 0 aliphatic carbocycles. The number of nitrogens with one attached hydrogen (secondary N) is 1. The Morgan fingerprint density at radius 2 is 2.00 bits per heavy atom. The molecule has 7 nitrogen and oxygen atoms in total. The van der Waals surface area contributed by atoms with Gasteiger partial charge in [0, 0.05) is 23.1 Å². The van der Waals surface area contributed by atoms with Crippen molar-refractivity contribution < 1.29 is 14.3 Å². The van der Waals surface area contributed by atoms with Gasteiger partial charge in [-0.3, -0.25) is 4.79 Å². The second-order valence-corrected chi connectivity index (χ2v) is 6.49. The maximum absolute atomic E-state index is 12.6. The highest BCUT2D eigenvalue weighted by Crippen LogP contribution is 2.35. The number of hydrogen-bond donors (Lipinski definition) is 1. The Labute approximate surface area is 158 Å².